The zero-order valence-corrected chi connectivity index (χ0v) is 12.6. The Labute approximate surface area is 122 Å². The molecule has 0 spiro atoms. The first-order valence-corrected chi connectivity index (χ1v) is 7.84. The maximum Gasteiger partial charge on any atom is 0.341 e. The minimum absolute atomic E-state index is 0.151. The third kappa shape index (κ3) is 3.70. The molecule has 1 aromatic heterocycles. The van der Waals surface area contributed by atoms with Crippen LogP contribution in [0.3, 0.4) is 0 Å². The lowest BCUT2D eigenvalue weighted by Crippen LogP contribution is -2.29. The van der Waals surface area contributed by atoms with E-state index in [9.17, 15) is 9.59 Å². The average molecular weight is 292 g/mol. The molecule has 20 heavy (non-hydrogen) atoms. The van der Waals surface area contributed by atoms with E-state index in [0.29, 0.717) is 13.1 Å². The maximum absolute atomic E-state index is 12.2. The van der Waals surface area contributed by atoms with E-state index in [2.05, 4.69) is 6.92 Å². The number of rotatable bonds is 7. The Morgan fingerprint density at radius 2 is 1.80 bits per heavy atom. The zero-order valence-electron chi connectivity index (χ0n) is 11.7. The van der Waals surface area contributed by atoms with Crippen LogP contribution in [-0.2, 0) is 13.1 Å². The summed E-state index contributed by atoms with van der Waals surface area (Å²) in [6.07, 6.45) is 4.26. The van der Waals surface area contributed by atoms with Crippen molar-refractivity contribution in [2.75, 3.05) is 0 Å². The quantitative estimate of drug-likeness (QED) is 0.736. The maximum atomic E-state index is 12.2. The normalized spacial score (nSPS) is 10.8. The van der Waals surface area contributed by atoms with Gasteiger partial charge in [0.1, 0.15) is 0 Å². The van der Waals surface area contributed by atoms with Gasteiger partial charge in [0.25, 0.3) is 0 Å². The molecule has 0 aliphatic heterocycles. The molecule has 1 aromatic carbocycles. The Bertz CT molecular complexity index is 640. The summed E-state index contributed by atoms with van der Waals surface area (Å²) >= 11 is 1.01. The second-order valence-electron chi connectivity index (χ2n) is 4.87. The van der Waals surface area contributed by atoms with E-state index in [1.54, 1.807) is 0 Å². The van der Waals surface area contributed by atoms with Crippen LogP contribution in [0.25, 0.3) is 0 Å². The van der Waals surface area contributed by atoms with Gasteiger partial charge in [-0.15, -0.1) is 0 Å². The second kappa shape index (κ2) is 7.24. The molecular weight excluding hydrogens is 272 g/mol. The van der Waals surface area contributed by atoms with Crippen molar-refractivity contribution in [1.29, 1.82) is 0 Å². The van der Waals surface area contributed by atoms with Crippen molar-refractivity contribution >= 4 is 11.5 Å². The van der Waals surface area contributed by atoms with E-state index >= 15 is 0 Å². The molecule has 0 fully saturated rings. The smallest absolute Gasteiger partial charge is 0.255 e. The van der Waals surface area contributed by atoms with E-state index < -0.39 is 0 Å². The summed E-state index contributed by atoms with van der Waals surface area (Å²) in [6, 6.07) is 9.73. The summed E-state index contributed by atoms with van der Waals surface area (Å²) in [5.74, 6) is 0. The van der Waals surface area contributed by atoms with Gasteiger partial charge in [0.05, 0.1) is 6.54 Å². The van der Waals surface area contributed by atoms with Gasteiger partial charge in [-0.25, -0.2) is 13.3 Å². The van der Waals surface area contributed by atoms with Crippen molar-refractivity contribution in [3.8, 4) is 0 Å². The van der Waals surface area contributed by atoms with Gasteiger partial charge in [-0.3, -0.25) is 4.79 Å². The molecule has 0 unspecified atom stereocenters. The summed E-state index contributed by atoms with van der Waals surface area (Å²) in [7, 11) is 0. The molecule has 0 radical (unpaired) electrons. The molecule has 0 aliphatic carbocycles. The van der Waals surface area contributed by atoms with Crippen LogP contribution in [0.15, 0.2) is 39.9 Å². The minimum atomic E-state index is -0.180. The van der Waals surface area contributed by atoms with Crippen LogP contribution in [0, 0.1) is 0 Å². The highest BCUT2D eigenvalue weighted by molar-refractivity contribution is 7.03. The monoisotopic (exact) mass is 292 g/mol. The molecule has 108 valence electrons. The van der Waals surface area contributed by atoms with Crippen LogP contribution in [0.5, 0.6) is 0 Å². The van der Waals surface area contributed by atoms with Gasteiger partial charge >= 0.3 is 10.6 Å². The van der Waals surface area contributed by atoms with E-state index in [4.69, 9.17) is 0 Å². The first-order valence-electron chi connectivity index (χ1n) is 7.07. The van der Waals surface area contributed by atoms with Crippen LogP contribution >= 0.6 is 11.5 Å². The lowest BCUT2D eigenvalue weighted by atomic mass is 10.2. The Balaban J connectivity index is 2.09. The molecule has 0 aliphatic rings. The predicted octanol–water partition coefficient (Wildman–Crippen LogP) is 2.70. The fourth-order valence-corrected chi connectivity index (χ4v) is 2.97. The van der Waals surface area contributed by atoms with Crippen LogP contribution in [0.4, 0.5) is 0 Å². The lowest BCUT2D eigenvalue weighted by Gasteiger charge is -2.01. The Morgan fingerprint density at radius 1 is 1.05 bits per heavy atom. The number of benzene rings is 1. The summed E-state index contributed by atoms with van der Waals surface area (Å²) in [6.45, 7) is 3.15. The topological polar surface area (TPSA) is 44.0 Å². The largest absolute Gasteiger partial charge is 0.341 e. The number of hydrogen-bond donors (Lipinski definition) is 0. The van der Waals surface area contributed by atoms with Gasteiger partial charge in [0, 0.05) is 18.1 Å². The first kappa shape index (κ1) is 14.8. The number of hydrogen-bond acceptors (Lipinski definition) is 3. The third-order valence-corrected chi connectivity index (χ3v) is 4.14. The molecule has 2 aromatic rings. The van der Waals surface area contributed by atoms with Gasteiger partial charge in [0.15, 0.2) is 0 Å². The average Bonchev–Trinajstić information content (AvgIpc) is 2.72. The fourth-order valence-electron chi connectivity index (χ4n) is 2.13. The molecule has 4 nitrogen and oxygen atoms in total. The van der Waals surface area contributed by atoms with Crippen molar-refractivity contribution in [2.24, 2.45) is 0 Å². The highest BCUT2D eigenvalue weighted by Gasteiger charge is 2.09. The van der Waals surface area contributed by atoms with E-state index in [0.717, 1.165) is 42.8 Å². The molecule has 0 bridgehead atoms. The van der Waals surface area contributed by atoms with E-state index in [-0.39, 0.29) is 10.6 Å². The van der Waals surface area contributed by atoms with Gasteiger partial charge in [-0.05, 0) is 12.0 Å². The molecule has 0 atom stereocenters. The van der Waals surface area contributed by atoms with Gasteiger partial charge < -0.3 is 0 Å². The molecule has 0 amide bonds. The summed E-state index contributed by atoms with van der Waals surface area (Å²) in [5.41, 5.74) is 0.856. The van der Waals surface area contributed by atoms with Crippen LogP contribution < -0.4 is 10.6 Å². The molecule has 0 N–H and O–H groups in total. The Morgan fingerprint density at radius 3 is 2.50 bits per heavy atom. The standard InChI is InChI=1S/C15H20N2O2S/c1-2-3-4-8-11-16-14(18)17(20-15(16)19)12-13-9-6-5-7-10-13/h5-7,9-10H,2-4,8,11-12H2,1H3. The van der Waals surface area contributed by atoms with E-state index in [1.165, 1.54) is 8.52 Å². The van der Waals surface area contributed by atoms with Crippen LogP contribution in [-0.4, -0.2) is 8.52 Å². The first-order chi connectivity index (χ1) is 9.72. The van der Waals surface area contributed by atoms with Crippen LogP contribution in [0.1, 0.15) is 38.2 Å². The van der Waals surface area contributed by atoms with Gasteiger partial charge in [-0.2, -0.15) is 0 Å². The molecule has 0 saturated heterocycles. The number of unbranched alkanes of at least 4 members (excludes halogenated alkanes) is 3. The number of nitrogens with zero attached hydrogens (tertiary/aromatic N) is 2. The highest BCUT2D eigenvalue weighted by atomic mass is 32.1. The van der Waals surface area contributed by atoms with Crippen molar-refractivity contribution in [1.82, 2.24) is 8.52 Å². The fraction of sp³-hybridized carbons (Fsp3) is 0.467. The SMILES string of the molecule is CCCCCCn1c(=O)sn(Cc2ccccc2)c1=O. The minimum Gasteiger partial charge on any atom is -0.255 e. The van der Waals surface area contributed by atoms with Crippen molar-refractivity contribution in [3.63, 3.8) is 0 Å². The summed E-state index contributed by atoms with van der Waals surface area (Å²) < 4.78 is 2.90. The van der Waals surface area contributed by atoms with Crippen molar-refractivity contribution in [2.45, 2.75) is 45.7 Å². The van der Waals surface area contributed by atoms with Crippen molar-refractivity contribution in [3.05, 3.63) is 56.0 Å². The van der Waals surface area contributed by atoms with Gasteiger partial charge in [-0.1, -0.05) is 56.5 Å². The Hall–Kier alpha value is -1.62. The molecule has 1 heterocycles. The third-order valence-electron chi connectivity index (χ3n) is 3.26. The van der Waals surface area contributed by atoms with Crippen molar-refractivity contribution < 1.29 is 0 Å². The lowest BCUT2D eigenvalue weighted by molar-refractivity contribution is 0.552. The number of aromatic nitrogens is 2. The van der Waals surface area contributed by atoms with Crippen LogP contribution in [0.2, 0.25) is 0 Å². The molecule has 0 saturated carbocycles. The highest BCUT2D eigenvalue weighted by Crippen LogP contribution is 2.03. The predicted molar refractivity (Wildman–Crippen MR) is 82.5 cm³/mol. The molecular formula is C15H20N2O2S. The summed E-state index contributed by atoms with van der Waals surface area (Å²) in [5, 5.41) is 0. The molecule has 2 rings (SSSR count). The Kier molecular flexibility index (Phi) is 5.35. The zero-order chi connectivity index (χ0) is 14.4. The van der Waals surface area contributed by atoms with E-state index in [1.807, 2.05) is 30.3 Å². The summed E-state index contributed by atoms with van der Waals surface area (Å²) in [4.78, 5) is 23.9. The van der Waals surface area contributed by atoms with Gasteiger partial charge in [0.2, 0.25) is 0 Å². The molecule has 5 heteroatoms. The second-order valence-corrected chi connectivity index (χ2v) is 5.85.